The molecule has 3 amide bonds. The highest BCUT2D eigenvalue weighted by molar-refractivity contribution is 6.06. The summed E-state index contributed by atoms with van der Waals surface area (Å²) in [6.07, 6.45) is 0.829. The molecule has 0 saturated carbocycles. The molecule has 0 radical (unpaired) electrons. The van der Waals surface area contributed by atoms with Crippen LogP contribution in [0.2, 0.25) is 0 Å². The maximum Gasteiger partial charge on any atom is 0.323 e. The average molecular weight is 341 g/mol. The van der Waals surface area contributed by atoms with Crippen LogP contribution >= 0.6 is 0 Å². The monoisotopic (exact) mass is 341 g/mol. The molecule has 0 unspecified atom stereocenters. The lowest BCUT2D eigenvalue weighted by molar-refractivity contribution is 0.0940. The van der Waals surface area contributed by atoms with Crippen molar-refractivity contribution in [3.05, 3.63) is 54.1 Å². The maximum absolute atomic E-state index is 12.4. The number of anilines is 2. The summed E-state index contributed by atoms with van der Waals surface area (Å²) >= 11 is 0. The van der Waals surface area contributed by atoms with E-state index in [0.29, 0.717) is 22.7 Å². The molecule has 6 nitrogen and oxygen atoms in total. The van der Waals surface area contributed by atoms with Crippen LogP contribution in [0.25, 0.3) is 0 Å². The minimum atomic E-state index is -0.451. The van der Waals surface area contributed by atoms with Crippen molar-refractivity contribution in [2.24, 2.45) is 0 Å². The number of para-hydroxylation sites is 3. The first-order chi connectivity index (χ1) is 12.0. The van der Waals surface area contributed by atoms with Crippen molar-refractivity contribution in [3.63, 3.8) is 0 Å². The maximum atomic E-state index is 12.4. The smallest absolute Gasteiger partial charge is 0.323 e. The molecular formula is C19H23N3O3. The lowest BCUT2D eigenvalue weighted by Gasteiger charge is -2.15. The molecule has 132 valence electrons. The molecule has 25 heavy (non-hydrogen) atoms. The number of carbonyl (C=O) groups excluding carboxylic acids is 2. The van der Waals surface area contributed by atoms with Crippen molar-refractivity contribution in [2.75, 3.05) is 17.7 Å². The predicted molar refractivity (Wildman–Crippen MR) is 99.3 cm³/mol. The Balaban J connectivity index is 2.12. The van der Waals surface area contributed by atoms with Gasteiger partial charge in [0.25, 0.3) is 5.91 Å². The third-order valence-electron chi connectivity index (χ3n) is 3.76. The summed E-state index contributed by atoms with van der Waals surface area (Å²) in [7, 11) is 1.53. The summed E-state index contributed by atoms with van der Waals surface area (Å²) in [6.45, 7) is 3.93. The second kappa shape index (κ2) is 8.73. The number of amides is 3. The third kappa shape index (κ3) is 4.97. The van der Waals surface area contributed by atoms with Gasteiger partial charge in [0.05, 0.1) is 24.0 Å². The molecule has 0 aliphatic rings. The Labute approximate surface area is 147 Å². The van der Waals surface area contributed by atoms with Gasteiger partial charge in [0.1, 0.15) is 5.75 Å². The molecule has 2 aromatic rings. The Morgan fingerprint density at radius 1 is 1.00 bits per heavy atom. The topological polar surface area (TPSA) is 79.5 Å². The van der Waals surface area contributed by atoms with Crippen LogP contribution in [0, 0.1) is 0 Å². The van der Waals surface area contributed by atoms with Crippen molar-refractivity contribution >= 4 is 23.3 Å². The average Bonchev–Trinajstić information content (AvgIpc) is 2.62. The summed E-state index contributed by atoms with van der Waals surface area (Å²) in [5, 5.41) is 8.33. The number of carbonyl (C=O) groups is 2. The second-order valence-corrected chi connectivity index (χ2v) is 5.61. The van der Waals surface area contributed by atoms with E-state index >= 15 is 0 Å². The van der Waals surface area contributed by atoms with Crippen LogP contribution in [0.4, 0.5) is 16.2 Å². The molecule has 0 spiro atoms. The molecule has 0 aromatic heterocycles. The summed E-state index contributed by atoms with van der Waals surface area (Å²) in [6, 6.07) is 13.6. The molecule has 2 aromatic carbocycles. The van der Waals surface area contributed by atoms with E-state index in [1.165, 1.54) is 7.11 Å². The summed E-state index contributed by atoms with van der Waals surface area (Å²) in [4.78, 5) is 24.7. The molecule has 0 heterocycles. The molecule has 0 saturated heterocycles. The number of hydrogen-bond donors (Lipinski definition) is 3. The van der Waals surface area contributed by atoms with Crippen molar-refractivity contribution in [3.8, 4) is 5.75 Å². The Morgan fingerprint density at radius 3 is 2.28 bits per heavy atom. The van der Waals surface area contributed by atoms with E-state index in [-0.39, 0.29) is 11.9 Å². The van der Waals surface area contributed by atoms with Crippen molar-refractivity contribution in [2.45, 2.75) is 26.3 Å². The number of benzene rings is 2. The zero-order valence-corrected chi connectivity index (χ0v) is 14.6. The molecule has 2 rings (SSSR count). The van der Waals surface area contributed by atoms with Gasteiger partial charge in [-0.05, 0) is 37.6 Å². The lowest BCUT2D eigenvalue weighted by Crippen LogP contribution is -2.33. The van der Waals surface area contributed by atoms with Crippen LogP contribution in [0.1, 0.15) is 30.6 Å². The first-order valence-corrected chi connectivity index (χ1v) is 8.16. The minimum Gasteiger partial charge on any atom is -0.495 e. The first kappa shape index (κ1) is 18.3. The number of urea groups is 1. The van der Waals surface area contributed by atoms with Gasteiger partial charge in [0.15, 0.2) is 0 Å². The van der Waals surface area contributed by atoms with E-state index in [1.807, 2.05) is 19.9 Å². The molecule has 0 aliphatic carbocycles. The highest BCUT2D eigenvalue weighted by Gasteiger charge is 2.15. The van der Waals surface area contributed by atoms with Gasteiger partial charge in [-0.3, -0.25) is 4.79 Å². The molecule has 6 heteroatoms. The van der Waals surface area contributed by atoms with E-state index in [1.54, 1.807) is 42.5 Å². The largest absolute Gasteiger partial charge is 0.495 e. The Morgan fingerprint density at radius 2 is 1.60 bits per heavy atom. The molecule has 0 fully saturated rings. The zero-order valence-electron chi connectivity index (χ0n) is 14.6. The van der Waals surface area contributed by atoms with Gasteiger partial charge in [-0.2, -0.15) is 0 Å². The highest BCUT2D eigenvalue weighted by atomic mass is 16.5. The number of nitrogens with one attached hydrogen (secondary N) is 3. The van der Waals surface area contributed by atoms with Gasteiger partial charge in [-0.15, -0.1) is 0 Å². The molecule has 0 aliphatic heterocycles. The quantitative estimate of drug-likeness (QED) is 0.746. The fourth-order valence-corrected chi connectivity index (χ4v) is 2.22. The number of ether oxygens (including phenoxy) is 1. The van der Waals surface area contributed by atoms with E-state index in [0.717, 1.165) is 6.42 Å². The SMILES string of the molecule is CC[C@H](C)NC(=O)c1ccccc1NC(=O)Nc1ccccc1OC. The Kier molecular flexibility index (Phi) is 6.39. The predicted octanol–water partition coefficient (Wildman–Crippen LogP) is 3.87. The van der Waals surface area contributed by atoms with Crippen LogP contribution in [0.5, 0.6) is 5.75 Å². The van der Waals surface area contributed by atoms with Crippen molar-refractivity contribution < 1.29 is 14.3 Å². The third-order valence-corrected chi connectivity index (χ3v) is 3.76. The van der Waals surface area contributed by atoms with Crippen LogP contribution in [-0.2, 0) is 0 Å². The van der Waals surface area contributed by atoms with E-state index < -0.39 is 6.03 Å². The van der Waals surface area contributed by atoms with Gasteiger partial charge >= 0.3 is 6.03 Å². The number of hydrogen-bond acceptors (Lipinski definition) is 3. The van der Waals surface area contributed by atoms with Crippen LogP contribution in [-0.4, -0.2) is 25.1 Å². The fourth-order valence-electron chi connectivity index (χ4n) is 2.22. The normalized spacial score (nSPS) is 11.3. The van der Waals surface area contributed by atoms with Crippen LogP contribution < -0.4 is 20.7 Å². The second-order valence-electron chi connectivity index (χ2n) is 5.61. The molecule has 1 atom stereocenters. The number of methoxy groups -OCH3 is 1. The first-order valence-electron chi connectivity index (χ1n) is 8.16. The summed E-state index contributed by atoms with van der Waals surface area (Å²) in [5.41, 5.74) is 1.40. The van der Waals surface area contributed by atoms with E-state index in [4.69, 9.17) is 4.74 Å². The van der Waals surface area contributed by atoms with Crippen molar-refractivity contribution in [1.82, 2.24) is 5.32 Å². The van der Waals surface area contributed by atoms with Gasteiger partial charge in [-0.1, -0.05) is 31.2 Å². The summed E-state index contributed by atoms with van der Waals surface area (Å²) < 4.78 is 5.21. The summed E-state index contributed by atoms with van der Waals surface area (Å²) in [5.74, 6) is 0.336. The standard InChI is InChI=1S/C19H23N3O3/c1-4-13(2)20-18(23)14-9-5-6-10-15(14)21-19(24)22-16-11-7-8-12-17(16)25-3/h5-13H,4H2,1-3H3,(H,20,23)(H2,21,22,24)/t13-/m0/s1. The molecule has 0 bridgehead atoms. The van der Waals surface area contributed by atoms with E-state index in [9.17, 15) is 9.59 Å². The molecule has 3 N–H and O–H groups in total. The number of rotatable bonds is 6. The minimum absolute atomic E-state index is 0.0583. The van der Waals surface area contributed by atoms with Crippen LogP contribution in [0.3, 0.4) is 0 Å². The lowest BCUT2D eigenvalue weighted by atomic mass is 10.1. The zero-order chi connectivity index (χ0) is 18.2. The molecular weight excluding hydrogens is 318 g/mol. The van der Waals surface area contributed by atoms with Gasteiger partial charge in [0, 0.05) is 6.04 Å². The van der Waals surface area contributed by atoms with Gasteiger partial charge in [-0.25, -0.2) is 4.79 Å². The van der Waals surface area contributed by atoms with E-state index in [2.05, 4.69) is 16.0 Å². The fraction of sp³-hybridized carbons (Fsp3) is 0.263. The van der Waals surface area contributed by atoms with Gasteiger partial charge < -0.3 is 20.7 Å². The van der Waals surface area contributed by atoms with Gasteiger partial charge in [0.2, 0.25) is 0 Å². The Hall–Kier alpha value is -3.02. The van der Waals surface area contributed by atoms with Crippen molar-refractivity contribution in [1.29, 1.82) is 0 Å². The highest BCUT2D eigenvalue weighted by Crippen LogP contribution is 2.23. The van der Waals surface area contributed by atoms with Crippen LogP contribution in [0.15, 0.2) is 48.5 Å². The Bertz CT molecular complexity index is 746.